The molecular formula is C8H13ORfS-. The van der Waals surface area contributed by atoms with E-state index < -0.39 is 0 Å². The van der Waals surface area contributed by atoms with Crippen molar-refractivity contribution in [3.63, 3.8) is 0 Å². The Hall–Kier alpha value is -1.37. The Morgan fingerprint density at radius 3 is 2.73 bits per heavy atom. The molecule has 0 saturated carbocycles. The first-order valence-corrected chi connectivity index (χ1v) is 3.95. The van der Waals surface area contributed by atoms with Gasteiger partial charge in [-0.05, 0) is 18.9 Å². The molecule has 0 unspecified atom stereocenters. The fraction of sp³-hybridized carbons (Fsp3) is 0.500. The summed E-state index contributed by atoms with van der Waals surface area (Å²) in [5.74, 6) is 0.773. The zero-order valence-corrected chi connectivity index (χ0v) is 14.0. The molecule has 60 valence electrons. The first kappa shape index (κ1) is 12.3. The molecule has 0 aromatic heterocycles. The van der Waals surface area contributed by atoms with Gasteiger partial charge in [-0.25, -0.2) is 0 Å². The Kier molecular flexibility index (Phi) is 12.8. The number of rotatable bonds is 6. The molecule has 0 aliphatic heterocycles. The van der Waals surface area contributed by atoms with Crippen LogP contribution in [-0.4, -0.2) is 12.4 Å². The Labute approximate surface area is 68.2 Å². The average Bonchev–Trinajstić information content (AvgIpc) is 1.97. The molecule has 0 amide bonds. The van der Waals surface area contributed by atoms with E-state index in [4.69, 9.17) is 17.4 Å². The van der Waals surface area contributed by atoms with Crippen LogP contribution < -0.4 is 0 Å². The topological polar surface area (TPSA) is 9.23 Å². The summed E-state index contributed by atoms with van der Waals surface area (Å²) in [5.41, 5.74) is 0. The van der Waals surface area contributed by atoms with Gasteiger partial charge in [0, 0.05) is 0 Å². The fourth-order valence-corrected chi connectivity index (χ4v) is 0.548. The van der Waals surface area contributed by atoms with Crippen molar-refractivity contribution in [1.29, 1.82) is 0 Å². The fourth-order valence-electron chi connectivity index (χ4n) is 0.430. The van der Waals surface area contributed by atoms with Crippen LogP contribution >= 0.6 is 0 Å². The smallest absolute Gasteiger partial charge is 0.0854 e. The van der Waals surface area contributed by atoms with Gasteiger partial charge in [0.15, 0.2) is 0 Å². The molecule has 0 fully saturated rings. The van der Waals surface area contributed by atoms with E-state index in [2.05, 4.69) is 6.58 Å². The Bertz CT molecular complexity index is 104. The van der Waals surface area contributed by atoms with Gasteiger partial charge >= 0.3 is 0 Å². The van der Waals surface area contributed by atoms with Crippen molar-refractivity contribution >= 4 is 12.6 Å². The molecule has 0 aliphatic rings. The minimum absolute atomic E-state index is 0. The van der Waals surface area contributed by atoms with Crippen molar-refractivity contribution in [2.45, 2.75) is 12.8 Å². The molecule has 3 heteroatoms. The summed E-state index contributed by atoms with van der Waals surface area (Å²) in [7, 11) is 0. The van der Waals surface area contributed by atoms with Crippen molar-refractivity contribution in [1.82, 2.24) is 0 Å². The van der Waals surface area contributed by atoms with Crippen LogP contribution in [0.25, 0.3) is 0 Å². The van der Waals surface area contributed by atoms with Crippen LogP contribution in [0, 0.1) is 0 Å². The predicted octanol–water partition coefficient (Wildman–Crippen LogP) is 2.03. The number of allylic oxidation sites excluding steroid dienone is 2. The van der Waals surface area contributed by atoms with Crippen LogP contribution in [0.2, 0.25) is 0 Å². The van der Waals surface area contributed by atoms with Gasteiger partial charge in [0.25, 0.3) is 0 Å². The monoisotopic (exact) mass is 424 g/mol. The van der Waals surface area contributed by atoms with Gasteiger partial charge < -0.3 is 17.4 Å². The molecule has 0 atom stereocenters. The maximum Gasteiger partial charge on any atom is 0.0854 e. The van der Waals surface area contributed by atoms with Gasteiger partial charge in [0.1, 0.15) is 0 Å². The summed E-state index contributed by atoms with van der Waals surface area (Å²) in [6.45, 7) is 4.30. The van der Waals surface area contributed by atoms with Gasteiger partial charge in [-0.1, -0.05) is 6.08 Å². The van der Waals surface area contributed by atoms with E-state index in [9.17, 15) is 0 Å². The first-order valence-electron chi connectivity index (χ1n) is 3.37. The second kappa shape index (κ2) is 11.4. The molecule has 0 radical (unpaired) electrons. The third kappa shape index (κ3) is 12.0. The van der Waals surface area contributed by atoms with E-state index in [1.807, 2.05) is 12.2 Å². The van der Waals surface area contributed by atoms with Crippen LogP contribution in [0.4, 0.5) is 0 Å². The summed E-state index contributed by atoms with van der Waals surface area (Å²) in [6, 6.07) is 0. The third-order valence-electron chi connectivity index (χ3n) is 0.902. The van der Waals surface area contributed by atoms with E-state index in [-0.39, 0.29) is 0 Å². The van der Waals surface area contributed by atoms with E-state index in [0.29, 0.717) is 0 Å². The molecule has 0 spiro atoms. The van der Waals surface area contributed by atoms with Crippen molar-refractivity contribution in [2.24, 2.45) is 0 Å². The van der Waals surface area contributed by atoms with Crippen molar-refractivity contribution in [3.05, 3.63) is 25.0 Å². The van der Waals surface area contributed by atoms with Crippen molar-refractivity contribution in [3.8, 4) is 0 Å². The Morgan fingerprint density at radius 1 is 1.45 bits per heavy atom. The van der Waals surface area contributed by atoms with Gasteiger partial charge in [-0.15, -0.1) is 6.58 Å². The van der Waals surface area contributed by atoms with Crippen molar-refractivity contribution < 1.29 is 4.74 Å². The van der Waals surface area contributed by atoms with E-state index in [1.165, 1.54) is 0 Å². The standard InChI is InChI=1S/C8H14OS.Rf/c1-2-3-4-6-9-7-5-8-10;/h2,4,6,10H,1,3,5,7-8H2;/p-1. The zero-order chi connectivity index (χ0) is 7.66. The zero-order valence-electron chi connectivity index (χ0n) is 6.79. The molecular weight excluding hydrogens is 411 g/mol. The molecule has 1 nitrogen and oxygen atoms in total. The van der Waals surface area contributed by atoms with Crippen LogP contribution in [0.15, 0.2) is 25.0 Å². The summed E-state index contributed by atoms with van der Waals surface area (Å²) < 4.78 is 5.08. The average molecular weight is 424 g/mol. The van der Waals surface area contributed by atoms with Crippen LogP contribution in [0.5, 0.6) is 0 Å². The quantitative estimate of drug-likeness (QED) is 0.280. The van der Waals surface area contributed by atoms with Gasteiger partial charge in [0.05, 0.1) is 12.9 Å². The molecule has 0 bridgehead atoms. The Morgan fingerprint density at radius 2 is 2.18 bits per heavy atom. The number of hydrogen-bond acceptors (Lipinski definition) is 2. The third-order valence-corrected chi connectivity index (χ3v) is 1.19. The number of hydrogen-bond donors (Lipinski definition) is 0. The molecule has 0 N–H and O–H groups in total. The van der Waals surface area contributed by atoms with Gasteiger partial charge in [-0.3, -0.25) is 0 Å². The molecule has 0 aromatic carbocycles. The minimum atomic E-state index is 0. The predicted molar refractivity (Wildman–Crippen MR) is 46.8 cm³/mol. The summed E-state index contributed by atoms with van der Waals surface area (Å²) in [5, 5.41) is 0. The van der Waals surface area contributed by atoms with Crippen molar-refractivity contribution in [2.75, 3.05) is 12.4 Å². The first-order chi connectivity index (χ1) is 4.91. The molecule has 0 saturated heterocycles. The number of ether oxygens (including phenoxy) is 1. The molecule has 0 heterocycles. The largest absolute Gasteiger partial charge is 0.792 e. The molecule has 11 heavy (non-hydrogen) atoms. The van der Waals surface area contributed by atoms with Crippen LogP contribution in [0.3, 0.4) is 0 Å². The van der Waals surface area contributed by atoms with E-state index in [1.54, 1.807) is 6.26 Å². The molecule has 0 rings (SSSR count). The maximum absolute atomic E-state index is 5.08. The van der Waals surface area contributed by atoms with E-state index >= 15 is 0 Å². The summed E-state index contributed by atoms with van der Waals surface area (Å²) >= 11 is 4.73. The Balaban J connectivity index is 0. The van der Waals surface area contributed by atoms with Crippen LogP contribution in [-0.2, 0) is 17.4 Å². The summed E-state index contributed by atoms with van der Waals surface area (Å²) in [6.07, 6.45) is 7.28. The normalized spacial score (nSPS) is 9.18. The second-order valence-corrected chi connectivity index (χ2v) is 2.23. The maximum atomic E-state index is 5.08. The van der Waals surface area contributed by atoms with Gasteiger partial charge in [-0.2, -0.15) is 5.75 Å². The SMILES string of the molecule is C=CCC=COCCC[S-].[Rf]. The van der Waals surface area contributed by atoms with Gasteiger partial charge in [0.2, 0.25) is 0 Å². The van der Waals surface area contributed by atoms with Crippen LogP contribution in [0.1, 0.15) is 12.8 Å². The second-order valence-electron chi connectivity index (χ2n) is 1.82. The van der Waals surface area contributed by atoms with E-state index in [0.717, 1.165) is 25.2 Å². The molecule has 0 aliphatic carbocycles. The minimum Gasteiger partial charge on any atom is -0.792 e. The summed E-state index contributed by atoms with van der Waals surface area (Å²) in [4.78, 5) is 0. The molecule has 0 aromatic rings.